The molecule has 168 valence electrons. The van der Waals surface area contributed by atoms with Crippen LogP contribution in [0.2, 0.25) is 5.15 Å². The van der Waals surface area contributed by atoms with Gasteiger partial charge in [0, 0.05) is 22.4 Å². The second kappa shape index (κ2) is 7.20. The second-order valence-corrected chi connectivity index (χ2v) is 10.1. The van der Waals surface area contributed by atoms with Crippen LogP contribution in [-0.4, -0.2) is 43.7 Å². The van der Waals surface area contributed by atoms with E-state index < -0.39 is 29.3 Å². The molecule has 0 aliphatic carbocycles. The Bertz CT molecular complexity index is 1300. The molecule has 3 heterocycles. The summed E-state index contributed by atoms with van der Waals surface area (Å²) in [5.74, 6) is -0.527. The minimum Gasteiger partial charge on any atom is -0.443 e. The van der Waals surface area contributed by atoms with Gasteiger partial charge in [-0.25, -0.2) is 24.0 Å². The van der Waals surface area contributed by atoms with Gasteiger partial charge in [-0.15, -0.1) is 0 Å². The van der Waals surface area contributed by atoms with E-state index in [1.807, 2.05) is 0 Å². The van der Waals surface area contributed by atoms with E-state index in [0.717, 1.165) is 10.3 Å². The number of nitrogens with zero attached hydrogens (tertiary/aromatic N) is 3. The third kappa shape index (κ3) is 3.79. The fourth-order valence-electron chi connectivity index (χ4n) is 3.74. The third-order valence-electron chi connectivity index (χ3n) is 4.85. The second-order valence-electron chi connectivity index (χ2n) is 9.70. The number of ether oxygens (including phenoxy) is 2. The number of carbonyl (C=O) groups is 3. The van der Waals surface area contributed by atoms with Crippen molar-refractivity contribution in [3.63, 3.8) is 0 Å². The molecule has 0 unspecified atom stereocenters. The van der Waals surface area contributed by atoms with Gasteiger partial charge in [-0.05, 0) is 47.6 Å². The Morgan fingerprint density at radius 3 is 2.25 bits per heavy atom. The topological polar surface area (TPSA) is 90.7 Å². The fraction of sp³-hybridized carbons (Fsp3) is 0.391. The molecule has 0 radical (unpaired) electrons. The van der Waals surface area contributed by atoms with Crippen LogP contribution >= 0.6 is 11.6 Å². The molecule has 2 amide bonds. The minimum absolute atomic E-state index is 0.114. The lowest BCUT2D eigenvalue weighted by molar-refractivity contribution is 0.0241. The molecule has 8 nitrogen and oxygen atoms in total. The van der Waals surface area contributed by atoms with Crippen molar-refractivity contribution in [1.82, 2.24) is 14.5 Å². The van der Waals surface area contributed by atoms with Crippen LogP contribution in [0.4, 0.5) is 9.59 Å². The average Bonchev–Trinajstić information content (AvgIpc) is 3.13. The van der Waals surface area contributed by atoms with Crippen LogP contribution in [0.5, 0.6) is 0 Å². The number of benzene rings is 1. The fourth-order valence-corrected chi connectivity index (χ4v) is 3.90. The molecule has 0 spiro atoms. The van der Waals surface area contributed by atoms with Gasteiger partial charge in [0.15, 0.2) is 0 Å². The highest BCUT2D eigenvalue weighted by atomic mass is 35.5. The summed E-state index contributed by atoms with van der Waals surface area (Å²) < 4.78 is 12.4. The lowest BCUT2D eigenvalue weighted by atomic mass is 10.1. The first-order chi connectivity index (χ1) is 14.8. The van der Waals surface area contributed by atoms with Crippen molar-refractivity contribution in [3.8, 4) is 0 Å². The number of amides is 2. The van der Waals surface area contributed by atoms with Crippen LogP contribution in [0.15, 0.2) is 24.4 Å². The van der Waals surface area contributed by atoms with Crippen LogP contribution in [0, 0.1) is 0 Å². The average molecular weight is 458 g/mol. The molecule has 1 aliphatic heterocycles. The van der Waals surface area contributed by atoms with Gasteiger partial charge < -0.3 is 9.47 Å². The van der Waals surface area contributed by atoms with E-state index in [-0.39, 0.29) is 17.3 Å². The van der Waals surface area contributed by atoms with Crippen LogP contribution in [-0.2, 0) is 16.0 Å². The standard InChI is InChI=1S/C23H24ClN3O5/c1-22(2,3)31-20(29)26-11-15-17(19(26)28)13-8-7-12-10-25-16(24)9-14(12)18(13)27(15)21(30)32-23(4,5)6/h7-10H,11H2,1-6H3. The number of halogens is 1. The summed E-state index contributed by atoms with van der Waals surface area (Å²) in [7, 11) is 0. The number of carbonyl (C=O) groups excluding carboxylic acids is 3. The molecule has 0 N–H and O–H groups in total. The Kier molecular flexibility index (Phi) is 4.97. The Morgan fingerprint density at radius 2 is 1.62 bits per heavy atom. The van der Waals surface area contributed by atoms with Crippen molar-refractivity contribution in [2.24, 2.45) is 0 Å². The predicted molar refractivity (Wildman–Crippen MR) is 120 cm³/mol. The van der Waals surface area contributed by atoms with E-state index in [4.69, 9.17) is 21.1 Å². The zero-order chi connectivity index (χ0) is 23.6. The molecule has 1 aliphatic rings. The van der Waals surface area contributed by atoms with E-state index in [9.17, 15) is 14.4 Å². The van der Waals surface area contributed by atoms with Crippen LogP contribution in [0.1, 0.15) is 57.6 Å². The maximum Gasteiger partial charge on any atom is 0.419 e. The molecule has 0 fully saturated rings. The van der Waals surface area contributed by atoms with Crippen LogP contribution < -0.4 is 0 Å². The first-order valence-corrected chi connectivity index (χ1v) is 10.5. The number of rotatable bonds is 0. The smallest absolute Gasteiger partial charge is 0.419 e. The highest BCUT2D eigenvalue weighted by Crippen LogP contribution is 2.38. The van der Waals surface area contributed by atoms with E-state index in [2.05, 4.69) is 4.98 Å². The monoisotopic (exact) mass is 457 g/mol. The zero-order valence-electron chi connectivity index (χ0n) is 18.8. The Balaban J connectivity index is 1.95. The van der Waals surface area contributed by atoms with E-state index in [1.54, 1.807) is 65.9 Å². The molecular weight excluding hydrogens is 434 g/mol. The summed E-state index contributed by atoms with van der Waals surface area (Å²) in [5, 5.41) is 2.18. The first-order valence-electron chi connectivity index (χ1n) is 10.2. The maximum atomic E-state index is 13.3. The lowest BCUT2D eigenvalue weighted by Gasteiger charge is -2.24. The molecular formula is C23H24ClN3O5. The quantitative estimate of drug-likeness (QED) is 0.413. The van der Waals surface area contributed by atoms with Gasteiger partial charge in [0.1, 0.15) is 16.4 Å². The van der Waals surface area contributed by atoms with Crippen molar-refractivity contribution in [2.45, 2.75) is 59.3 Å². The van der Waals surface area contributed by atoms with Gasteiger partial charge in [-0.3, -0.25) is 4.79 Å². The molecule has 0 atom stereocenters. The van der Waals surface area contributed by atoms with Gasteiger partial charge in [-0.2, -0.15) is 0 Å². The maximum absolute atomic E-state index is 13.3. The highest BCUT2D eigenvalue weighted by molar-refractivity contribution is 6.31. The molecule has 32 heavy (non-hydrogen) atoms. The van der Waals surface area contributed by atoms with E-state index in [1.165, 1.54) is 4.57 Å². The lowest BCUT2D eigenvalue weighted by Crippen LogP contribution is -2.37. The largest absolute Gasteiger partial charge is 0.443 e. The van der Waals surface area contributed by atoms with Gasteiger partial charge in [0.2, 0.25) is 0 Å². The van der Waals surface area contributed by atoms with Gasteiger partial charge in [0.25, 0.3) is 5.91 Å². The van der Waals surface area contributed by atoms with Gasteiger partial charge in [-0.1, -0.05) is 23.7 Å². The summed E-state index contributed by atoms with van der Waals surface area (Å²) >= 11 is 6.13. The Morgan fingerprint density at radius 1 is 1.00 bits per heavy atom. The summed E-state index contributed by atoms with van der Waals surface area (Å²) in [4.78, 5) is 44.3. The SMILES string of the molecule is CC(C)(C)OC(=O)N1Cc2c(c3ccc4cnc(Cl)cc4c3n2C(=O)OC(C)(C)C)C1=O. The molecule has 0 saturated carbocycles. The van der Waals surface area contributed by atoms with E-state index in [0.29, 0.717) is 22.0 Å². The van der Waals surface area contributed by atoms with E-state index >= 15 is 0 Å². The van der Waals surface area contributed by atoms with Crippen molar-refractivity contribution >= 4 is 51.4 Å². The summed E-state index contributed by atoms with van der Waals surface area (Å²) in [5.41, 5.74) is -0.411. The molecule has 9 heteroatoms. The molecule has 2 aromatic heterocycles. The highest BCUT2D eigenvalue weighted by Gasteiger charge is 2.41. The van der Waals surface area contributed by atoms with Crippen molar-refractivity contribution in [1.29, 1.82) is 0 Å². The Hall–Kier alpha value is -3.13. The minimum atomic E-state index is -0.771. The summed E-state index contributed by atoms with van der Waals surface area (Å²) in [6, 6.07) is 5.18. The van der Waals surface area contributed by atoms with Crippen molar-refractivity contribution < 1.29 is 23.9 Å². The summed E-state index contributed by atoms with van der Waals surface area (Å²) in [6.45, 7) is 10.3. The first kappa shape index (κ1) is 22.1. The number of hydrogen-bond acceptors (Lipinski definition) is 6. The molecule has 0 bridgehead atoms. The van der Waals surface area contributed by atoms with Gasteiger partial charge >= 0.3 is 12.2 Å². The molecule has 4 rings (SSSR count). The number of fused-ring (bicyclic) bond motifs is 5. The summed E-state index contributed by atoms with van der Waals surface area (Å²) in [6.07, 6.45) is 0.183. The predicted octanol–water partition coefficient (Wildman–Crippen LogP) is 5.52. The van der Waals surface area contributed by atoms with Crippen LogP contribution in [0.3, 0.4) is 0 Å². The molecule has 0 saturated heterocycles. The zero-order valence-corrected chi connectivity index (χ0v) is 19.5. The van der Waals surface area contributed by atoms with Crippen LogP contribution in [0.25, 0.3) is 21.7 Å². The number of hydrogen-bond donors (Lipinski definition) is 0. The van der Waals surface area contributed by atoms with Crippen molar-refractivity contribution in [3.05, 3.63) is 40.8 Å². The number of aromatic nitrogens is 2. The number of imide groups is 1. The third-order valence-corrected chi connectivity index (χ3v) is 5.06. The molecule has 1 aromatic carbocycles. The Labute approximate surface area is 190 Å². The van der Waals surface area contributed by atoms with Crippen molar-refractivity contribution in [2.75, 3.05) is 0 Å². The number of pyridine rings is 1. The normalized spacial score (nSPS) is 14.2. The molecule has 3 aromatic rings. The van der Waals surface area contributed by atoms with Gasteiger partial charge in [0.05, 0.1) is 23.3 Å².